The lowest BCUT2D eigenvalue weighted by Gasteiger charge is -2.44. The largest absolute Gasteiger partial charge is 0.327 e. The molecule has 3 amide bonds. The molecule has 20 heavy (non-hydrogen) atoms. The minimum absolute atomic E-state index is 0.0449. The summed E-state index contributed by atoms with van der Waals surface area (Å²) >= 11 is 0. The molecule has 0 aromatic heterocycles. The van der Waals surface area contributed by atoms with Crippen LogP contribution in [0.1, 0.15) is 64.2 Å². The normalized spacial score (nSPS) is 38.3. The lowest BCUT2D eigenvalue weighted by atomic mass is 9.77. The van der Waals surface area contributed by atoms with E-state index in [-0.39, 0.29) is 24.0 Å². The number of fused-ring (bicyclic) bond motifs is 3. The molecule has 4 rings (SSSR count). The SMILES string of the molecule is O=C1C2CCC3CCCCC3N2C(=O)N1C1CCCC1. The van der Waals surface area contributed by atoms with Crippen LogP contribution in [0, 0.1) is 5.92 Å². The van der Waals surface area contributed by atoms with Crippen molar-refractivity contribution in [1.82, 2.24) is 9.80 Å². The van der Waals surface area contributed by atoms with Crippen LogP contribution in [0.15, 0.2) is 0 Å². The maximum Gasteiger partial charge on any atom is 0.327 e. The molecule has 4 fully saturated rings. The summed E-state index contributed by atoms with van der Waals surface area (Å²) in [6.45, 7) is 0. The standard InChI is InChI=1S/C16H24N2O2/c19-15-14-10-9-11-5-1-4-8-13(11)18(14)16(20)17(15)12-6-2-3-7-12/h11-14H,1-10H2. The van der Waals surface area contributed by atoms with Crippen molar-refractivity contribution in [2.24, 2.45) is 5.92 Å². The van der Waals surface area contributed by atoms with Gasteiger partial charge in [-0.1, -0.05) is 25.7 Å². The van der Waals surface area contributed by atoms with Crippen LogP contribution >= 0.6 is 0 Å². The van der Waals surface area contributed by atoms with Gasteiger partial charge < -0.3 is 4.90 Å². The molecule has 2 heterocycles. The average Bonchev–Trinajstić information content (AvgIpc) is 3.07. The topological polar surface area (TPSA) is 40.6 Å². The van der Waals surface area contributed by atoms with E-state index in [1.807, 2.05) is 4.90 Å². The first-order valence-corrected chi connectivity index (χ1v) is 8.43. The van der Waals surface area contributed by atoms with Crippen LogP contribution in [-0.4, -0.2) is 39.9 Å². The molecule has 0 N–H and O–H groups in total. The van der Waals surface area contributed by atoms with E-state index in [0.717, 1.165) is 32.1 Å². The van der Waals surface area contributed by atoms with Crippen molar-refractivity contribution >= 4 is 11.9 Å². The van der Waals surface area contributed by atoms with Gasteiger partial charge in [-0.2, -0.15) is 0 Å². The van der Waals surface area contributed by atoms with E-state index in [1.54, 1.807) is 4.90 Å². The lowest BCUT2D eigenvalue weighted by molar-refractivity contribution is -0.131. The number of imide groups is 1. The molecule has 0 aromatic carbocycles. The Balaban J connectivity index is 1.61. The summed E-state index contributed by atoms with van der Waals surface area (Å²) in [7, 11) is 0. The third-order valence-electron chi connectivity index (χ3n) is 6.01. The summed E-state index contributed by atoms with van der Waals surface area (Å²) in [5.41, 5.74) is 0. The van der Waals surface area contributed by atoms with Crippen molar-refractivity contribution in [1.29, 1.82) is 0 Å². The quantitative estimate of drug-likeness (QED) is 0.691. The Labute approximate surface area is 120 Å². The van der Waals surface area contributed by atoms with E-state index in [2.05, 4.69) is 0 Å². The van der Waals surface area contributed by atoms with Gasteiger partial charge in [0.05, 0.1) is 0 Å². The van der Waals surface area contributed by atoms with Gasteiger partial charge >= 0.3 is 6.03 Å². The number of rotatable bonds is 1. The third kappa shape index (κ3) is 1.73. The molecule has 0 bridgehead atoms. The van der Waals surface area contributed by atoms with Gasteiger partial charge in [0.25, 0.3) is 5.91 Å². The molecule has 3 atom stereocenters. The zero-order valence-electron chi connectivity index (χ0n) is 12.1. The van der Waals surface area contributed by atoms with Crippen LogP contribution in [0.5, 0.6) is 0 Å². The first-order valence-electron chi connectivity index (χ1n) is 8.43. The molecule has 4 aliphatic rings. The number of carbonyl (C=O) groups is 2. The van der Waals surface area contributed by atoms with Gasteiger partial charge in [-0.3, -0.25) is 9.69 Å². The monoisotopic (exact) mass is 276 g/mol. The Morgan fingerprint density at radius 1 is 0.800 bits per heavy atom. The molecule has 0 radical (unpaired) electrons. The second-order valence-electron chi connectivity index (χ2n) is 7.04. The van der Waals surface area contributed by atoms with Crippen LogP contribution in [0.4, 0.5) is 4.79 Å². The smallest absolute Gasteiger partial charge is 0.309 e. The van der Waals surface area contributed by atoms with Crippen molar-refractivity contribution in [2.75, 3.05) is 0 Å². The minimum atomic E-state index is -0.123. The highest BCUT2D eigenvalue weighted by atomic mass is 16.2. The van der Waals surface area contributed by atoms with Gasteiger partial charge in [-0.05, 0) is 44.4 Å². The summed E-state index contributed by atoms with van der Waals surface area (Å²) in [5.74, 6) is 0.770. The molecular formula is C16H24N2O2. The average molecular weight is 276 g/mol. The Morgan fingerprint density at radius 3 is 2.30 bits per heavy atom. The van der Waals surface area contributed by atoms with E-state index < -0.39 is 0 Å². The highest BCUT2D eigenvalue weighted by Crippen LogP contribution is 2.42. The fraction of sp³-hybridized carbons (Fsp3) is 0.875. The molecule has 4 heteroatoms. The molecule has 110 valence electrons. The number of hydrogen-bond acceptors (Lipinski definition) is 2. The molecule has 2 saturated heterocycles. The van der Waals surface area contributed by atoms with Crippen molar-refractivity contribution in [3.8, 4) is 0 Å². The predicted octanol–water partition coefficient (Wildman–Crippen LogP) is 2.91. The molecule has 2 aliphatic heterocycles. The van der Waals surface area contributed by atoms with E-state index in [0.29, 0.717) is 12.0 Å². The summed E-state index contributed by atoms with van der Waals surface area (Å²) in [5, 5.41) is 0. The fourth-order valence-electron chi connectivity index (χ4n) is 5.03. The van der Waals surface area contributed by atoms with Crippen LogP contribution in [-0.2, 0) is 4.79 Å². The number of hydrogen-bond donors (Lipinski definition) is 0. The number of piperidine rings is 1. The zero-order valence-corrected chi connectivity index (χ0v) is 12.1. The van der Waals surface area contributed by atoms with Crippen LogP contribution in [0.25, 0.3) is 0 Å². The maximum atomic E-state index is 12.8. The number of urea groups is 1. The highest BCUT2D eigenvalue weighted by molar-refractivity contribution is 6.04. The number of nitrogens with zero attached hydrogens (tertiary/aromatic N) is 2. The Morgan fingerprint density at radius 2 is 1.50 bits per heavy atom. The summed E-state index contributed by atoms with van der Waals surface area (Å²) < 4.78 is 0. The Bertz CT molecular complexity index is 430. The summed E-state index contributed by atoms with van der Waals surface area (Å²) in [4.78, 5) is 29.1. The number of carbonyl (C=O) groups excluding carboxylic acids is 2. The molecule has 3 unspecified atom stereocenters. The first-order chi connectivity index (χ1) is 9.77. The minimum Gasteiger partial charge on any atom is -0.309 e. The van der Waals surface area contributed by atoms with Crippen LogP contribution in [0.2, 0.25) is 0 Å². The summed E-state index contributed by atoms with van der Waals surface area (Å²) in [6, 6.07) is 0.471. The van der Waals surface area contributed by atoms with Crippen LogP contribution in [0.3, 0.4) is 0 Å². The van der Waals surface area contributed by atoms with Gasteiger partial charge in [-0.25, -0.2) is 4.79 Å². The molecule has 2 saturated carbocycles. The van der Waals surface area contributed by atoms with Gasteiger partial charge in [0.2, 0.25) is 0 Å². The number of amides is 3. The molecule has 2 aliphatic carbocycles. The van der Waals surface area contributed by atoms with E-state index in [1.165, 1.54) is 32.1 Å². The molecule has 0 spiro atoms. The highest BCUT2D eigenvalue weighted by Gasteiger charge is 2.54. The predicted molar refractivity (Wildman–Crippen MR) is 75.1 cm³/mol. The second-order valence-corrected chi connectivity index (χ2v) is 7.04. The van der Waals surface area contributed by atoms with Gasteiger partial charge in [0.1, 0.15) is 6.04 Å². The second kappa shape index (κ2) is 4.74. The Hall–Kier alpha value is -1.06. The zero-order chi connectivity index (χ0) is 13.7. The molecule has 4 nitrogen and oxygen atoms in total. The van der Waals surface area contributed by atoms with E-state index in [9.17, 15) is 9.59 Å². The van der Waals surface area contributed by atoms with Crippen LogP contribution < -0.4 is 0 Å². The van der Waals surface area contributed by atoms with E-state index in [4.69, 9.17) is 0 Å². The molecular weight excluding hydrogens is 252 g/mol. The molecule has 0 aromatic rings. The van der Waals surface area contributed by atoms with Gasteiger partial charge in [0, 0.05) is 12.1 Å². The van der Waals surface area contributed by atoms with Crippen molar-refractivity contribution < 1.29 is 9.59 Å². The first kappa shape index (κ1) is 12.7. The van der Waals surface area contributed by atoms with Gasteiger partial charge in [-0.15, -0.1) is 0 Å². The maximum absolute atomic E-state index is 12.8. The van der Waals surface area contributed by atoms with Crippen molar-refractivity contribution in [3.05, 3.63) is 0 Å². The summed E-state index contributed by atoms with van der Waals surface area (Å²) in [6.07, 6.45) is 11.3. The van der Waals surface area contributed by atoms with E-state index >= 15 is 0 Å². The fourth-order valence-corrected chi connectivity index (χ4v) is 5.03. The Kier molecular flexibility index (Phi) is 3.00. The third-order valence-corrected chi connectivity index (χ3v) is 6.01. The van der Waals surface area contributed by atoms with Crippen molar-refractivity contribution in [3.63, 3.8) is 0 Å². The van der Waals surface area contributed by atoms with Crippen molar-refractivity contribution in [2.45, 2.75) is 82.3 Å². The van der Waals surface area contributed by atoms with Gasteiger partial charge in [0.15, 0.2) is 0 Å². The lowest BCUT2D eigenvalue weighted by Crippen LogP contribution is -2.52.